The second-order valence-corrected chi connectivity index (χ2v) is 8.46. The van der Waals surface area contributed by atoms with Crippen LogP contribution >= 0.6 is 0 Å². The highest BCUT2D eigenvalue weighted by molar-refractivity contribution is 5.78. The third-order valence-electron chi connectivity index (χ3n) is 6.32. The second kappa shape index (κ2) is 7.88. The van der Waals surface area contributed by atoms with E-state index in [1.807, 2.05) is 0 Å². The van der Waals surface area contributed by atoms with Crippen LogP contribution in [0.4, 0.5) is 0 Å². The minimum atomic E-state index is 0.117. The summed E-state index contributed by atoms with van der Waals surface area (Å²) in [5, 5.41) is 3.25. The van der Waals surface area contributed by atoms with E-state index in [1.165, 1.54) is 37.7 Å². The summed E-state index contributed by atoms with van der Waals surface area (Å²) in [6, 6.07) is 10.8. The molecule has 1 aliphatic heterocycles. The molecule has 1 unspecified atom stereocenters. The Bertz CT molecular complexity index is 568. The van der Waals surface area contributed by atoms with Crippen molar-refractivity contribution < 1.29 is 4.79 Å². The van der Waals surface area contributed by atoms with Crippen LogP contribution in [0.5, 0.6) is 0 Å². The molecule has 3 N–H and O–H groups in total. The fourth-order valence-corrected chi connectivity index (χ4v) is 4.54. The zero-order chi connectivity index (χ0) is 17.8. The Hall–Kier alpha value is -1.39. The van der Waals surface area contributed by atoms with Crippen molar-refractivity contribution >= 4 is 5.91 Å². The van der Waals surface area contributed by atoms with Gasteiger partial charge in [0.05, 0.1) is 6.54 Å². The summed E-state index contributed by atoms with van der Waals surface area (Å²) >= 11 is 0. The molecule has 0 aromatic heterocycles. The van der Waals surface area contributed by atoms with Crippen LogP contribution in [0.2, 0.25) is 0 Å². The lowest BCUT2D eigenvalue weighted by molar-refractivity contribution is -0.122. The molecule has 4 nitrogen and oxygen atoms in total. The molecule has 1 saturated carbocycles. The first kappa shape index (κ1) is 18.4. The van der Waals surface area contributed by atoms with Crippen molar-refractivity contribution in [2.45, 2.75) is 50.9 Å². The molecule has 2 aliphatic rings. The van der Waals surface area contributed by atoms with Gasteiger partial charge in [-0.25, -0.2) is 0 Å². The Labute approximate surface area is 152 Å². The van der Waals surface area contributed by atoms with Crippen LogP contribution in [0.15, 0.2) is 30.3 Å². The lowest BCUT2D eigenvalue weighted by Gasteiger charge is -2.38. The summed E-state index contributed by atoms with van der Waals surface area (Å²) in [5.74, 6) is 0.155. The van der Waals surface area contributed by atoms with Gasteiger partial charge in [0, 0.05) is 18.5 Å². The Kier molecular flexibility index (Phi) is 5.80. The number of nitrogens with two attached hydrogens (primary N) is 1. The van der Waals surface area contributed by atoms with E-state index >= 15 is 0 Å². The van der Waals surface area contributed by atoms with Crippen LogP contribution in [-0.4, -0.2) is 43.5 Å². The minimum absolute atomic E-state index is 0.117. The van der Waals surface area contributed by atoms with Gasteiger partial charge in [0.25, 0.3) is 0 Å². The Morgan fingerprint density at radius 3 is 2.52 bits per heavy atom. The quantitative estimate of drug-likeness (QED) is 0.835. The fraction of sp³-hybridized carbons (Fsp3) is 0.667. The molecule has 1 aliphatic carbocycles. The normalized spacial score (nSPS) is 26.5. The molecule has 1 saturated heterocycles. The van der Waals surface area contributed by atoms with Crippen LogP contribution in [0.1, 0.15) is 51.0 Å². The van der Waals surface area contributed by atoms with Crippen LogP contribution in [0.3, 0.4) is 0 Å². The maximum atomic E-state index is 12.5. The van der Waals surface area contributed by atoms with Gasteiger partial charge in [-0.05, 0) is 43.3 Å². The van der Waals surface area contributed by atoms with E-state index < -0.39 is 0 Å². The molecule has 1 amide bonds. The van der Waals surface area contributed by atoms with Gasteiger partial charge in [-0.2, -0.15) is 0 Å². The van der Waals surface area contributed by atoms with Crippen LogP contribution in [0.25, 0.3) is 0 Å². The number of carbonyl (C=O) groups is 1. The zero-order valence-electron chi connectivity index (χ0n) is 15.6. The SMILES string of the molecule is CC1(CN)CCN(CC(=O)NCC2(c3ccccc3)CCCCC2)C1. The molecular weight excluding hydrogens is 310 g/mol. The van der Waals surface area contributed by atoms with E-state index in [0.717, 1.165) is 26.1 Å². The highest BCUT2D eigenvalue weighted by atomic mass is 16.2. The number of nitrogens with one attached hydrogen (secondary N) is 1. The van der Waals surface area contributed by atoms with Gasteiger partial charge in [-0.15, -0.1) is 0 Å². The highest BCUT2D eigenvalue weighted by Crippen LogP contribution is 2.39. The first-order valence-electron chi connectivity index (χ1n) is 9.80. The number of amides is 1. The summed E-state index contributed by atoms with van der Waals surface area (Å²) in [6.07, 6.45) is 7.26. The predicted molar refractivity (Wildman–Crippen MR) is 102 cm³/mol. The molecule has 138 valence electrons. The third kappa shape index (κ3) is 4.42. The standard InChI is InChI=1S/C21H33N3O/c1-20(15-22)12-13-24(17-20)14-19(25)23-16-21(10-6-3-7-11-21)18-8-4-2-5-9-18/h2,4-5,8-9H,3,6-7,10-17,22H2,1H3,(H,23,25). The van der Waals surface area contributed by atoms with Crippen LogP contribution in [0, 0.1) is 5.41 Å². The molecule has 0 radical (unpaired) electrons. The van der Waals surface area contributed by atoms with Gasteiger partial charge in [0.1, 0.15) is 0 Å². The van der Waals surface area contributed by atoms with E-state index in [1.54, 1.807) is 0 Å². The Morgan fingerprint density at radius 1 is 1.16 bits per heavy atom. The highest BCUT2D eigenvalue weighted by Gasteiger charge is 2.35. The van der Waals surface area contributed by atoms with Crippen molar-refractivity contribution in [3.63, 3.8) is 0 Å². The van der Waals surface area contributed by atoms with E-state index in [0.29, 0.717) is 13.1 Å². The molecule has 3 rings (SSSR count). The monoisotopic (exact) mass is 343 g/mol. The fourth-order valence-electron chi connectivity index (χ4n) is 4.54. The summed E-state index contributed by atoms with van der Waals surface area (Å²) in [5.41, 5.74) is 7.55. The number of hydrogen-bond donors (Lipinski definition) is 2. The summed E-state index contributed by atoms with van der Waals surface area (Å²) in [6.45, 7) is 6.09. The first-order chi connectivity index (χ1) is 12.1. The minimum Gasteiger partial charge on any atom is -0.354 e. The van der Waals surface area contributed by atoms with E-state index in [9.17, 15) is 4.79 Å². The molecule has 0 bridgehead atoms. The molecule has 25 heavy (non-hydrogen) atoms. The van der Waals surface area contributed by atoms with Crippen LogP contribution < -0.4 is 11.1 Å². The Morgan fingerprint density at radius 2 is 1.88 bits per heavy atom. The predicted octanol–water partition coefficient (Wildman–Crippen LogP) is 2.68. The maximum Gasteiger partial charge on any atom is 0.234 e. The van der Waals surface area contributed by atoms with Crippen molar-refractivity contribution in [3.8, 4) is 0 Å². The molecule has 0 spiro atoms. The largest absolute Gasteiger partial charge is 0.354 e. The van der Waals surface area contributed by atoms with Gasteiger partial charge in [-0.3, -0.25) is 9.69 Å². The van der Waals surface area contributed by atoms with Crippen molar-refractivity contribution in [2.24, 2.45) is 11.1 Å². The van der Waals surface area contributed by atoms with Gasteiger partial charge >= 0.3 is 0 Å². The number of hydrogen-bond acceptors (Lipinski definition) is 3. The van der Waals surface area contributed by atoms with Crippen molar-refractivity contribution in [1.29, 1.82) is 0 Å². The third-order valence-corrected chi connectivity index (χ3v) is 6.32. The van der Waals surface area contributed by atoms with Crippen LogP contribution in [-0.2, 0) is 10.2 Å². The number of likely N-dealkylation sites (tertiary alicyclic amines) is 1. The van der Waals surface area contributed by atoms with Crippen molar-refractivity contribution in [3.05, 3.63) is 35.9 Å². The lowest BCUT2D eigenvalue weighted by Crippen LogP contribution is -2.45. The molecule has 1 aromatic carbocycles. The number of nitrogens with zero attached hydrogens (tertiary/aromatic N) is 1. The summed E-state index contributed by atoms with van der Waals surface area (Å²) in [4.78, 5) is 14.8. The molecule has 4 heteroatoms. The topological polar surface area (TPSA) is 58.4 Å². The van der Waals surface area contributed by atoms with Gasteiger partial charge < -0.3 is 11.1 Å². The van der Waals surface area contributed by atoms with E-state index in [-0.39, 0.29) is 16.7 Å². The molecule has 2 fully saturated rings. The smallest absolute Gasteiger partial charge is 0.234 e. The molecule has 1 heterocycles. The Balaban J connectivity index is 1.57. The van der Waals surface area contributed by atoms with Gasteiger partial charge in [0.2, 0.25) is 5.91 Å². The molecule has 1 aromatic rings. The maximum absolute atomic E-state index is 12.5. The zero-order valence-corrected chi connectivity index (χ0v) is 15.6. The number of carbonyl (C=O) groups excluding carboxylic acids is 1. The van der Waals surface area contributed by atoms with Crippen molar-refractivity contribution in [2.75, 3.05) is 32.7 Å². The summed E-state index contributed by atoms with van der Waals surface area (Å²) < 4.78 is 0. The van der Waals surface area contributed by atoms with Gasteiger partial charge in [0.15, 0.2) is 0 Å². The van der Waals surface area contributed by atoms with Gasteiger partial charge in [-0.1, -0.05) is 56.5 Å². The van der Waals surface area contributed by atoms with E-state index in [2.05, 4.69) is 47.5 Å². The summed E-state index contributed by atoms with van der Waals surface area (Å²) in [7, 11) is 0. The molecule has 1 atom stereocenters. The molecular formula is C21H33N3O. The lowest BCUT2D eigenvalue weighted by atomic mass is 9.69. The van der Waals surface area contributed by atoms with Crippen molar-refractivity contribution in [1.82, 2.24) is 10.2 Å². The average Bonchev–Trinajstić information content (AvgIpc) is 3.03. The van der Waals surface area contributed by atoms with E-state index in [4.69, 9.17) is 5.73 Å². The number of benzene rings is 1. The number of rotatable bonds is 6. The average molecular weight is 344 g/mol. The first-order valence-corrected chi connectivity index (χ1v) is 9.80. The second-order valence-electron chi connectivity index (χ2n) is 8.46.